The quantitative estimate of drug-likeness (QED) is 0.242. The minimum atomic E-state index is -1.16. The monoisotopic (exact) mass is 608 g/mol. The SMILES string of the molecule is COC(=O)c1ccc(C2C[C@H]3[C@@H](N2)[C@H](c2cccc(Cl)c2F)[C@]2(C(=O)Nc4cc(Cl)ccc42)N3CC2CCC2)c(N)c1. The Morgan fingerprint density at radius 3 is 2.67 bits per heavy atom. The molecule has 1 amide bonds. The second kappa shape index (κ2) is 10.2. The Balaban J connectivity index is 1.39. The highest BCUT2D eigenvalue weighted by Crippen LogP contribution is 2.61. The van der Waals surface area contributed by atoms with E-state index in [1.165, 1.54) is 13.2 Å². The molecule has 42 heavy (non-hydrogen) atoms. The molecule has 7 nitrogen and oxygen atoms in total. The van der Waals surface area contributed by atoms with Crippen molar-refractivity contribution in [2.75, 3.05) is 24.7 Å². The van der Waals surface area contributed by atoms with Crippen LogP contribution in [-0.2, 0) is 15.1 Å². The first-order valence-corrected chi connectivity index (χ1v) is 15.1. The highest BCUT2D eigenvalue weighted by Gasteiger charge is 2.69. The van der Waals surface area contributed by atoms with Gasteiger partial charge in [-0.05, 0) is 66.6 Å². The van der Waals surface area contributed by atoms with Crippen molar-refractivity contribution in [2.45, 2.75) is 55.3 Å². The van der Waals surface area contributed by atoms with Crippen molar-refractivity contribution < 1.29 is 18.7 Å². The lowest BCUT2D eigenvalue weighted by Gasteiger charge is -2.43. The van der Waals surface area contributed by atoms with Crippen molar-refractivity contribution in [1.82, 2.24) is 10.2 Å². The topological polar surface area (TPSA) is 96.7 Å². The predicted octanol–water partition coefficient (Wildman–Crippen LogP) is 6.02. The molecule has 3 aromatic carbocycles. The summed E-state index contributed by atoms with van der Waals surface area (Å²) in [4.78, 5) is 28.8. The Morgan fingerprint density at radius 2 is 1.95 bits per heavy atom. The molecule has 1 aliphatic carbocycles. The third-order valence-corrected chi connectivity index (χ3v) is 10.3. The summed E-state index contributed by atoms with van der Waals surface area (Å²) in [5.74, 6) is -1.31. The number of halogens is 3. The summed E-state index contributed by atoms with van der Waals surface area (Å²) in [5.41, 5.74) is 8.87. The maximum Gasteiger partial charge on any atom is 0.337 e. The van der Waals surface area contributed by atoms with E-state index in [1.807, 2.05) is 12.1 Å². The molecule has 1 saturated carbocycles. The number of anilines is 2. The second-order valence-corrected chi connectivity index (χ2v) is 12.7. The first-order valence-electron chi connectivity index (χ1n) is 14.3. The lowest BCUT2D eigenvalue weighted by molar-refractivity contribution is -0.128. The van der Waals surface area contributed by atoms with Crippen LogP contribution in [0.15, 0.2) is 54.6 Å². The van der Waals surface area contributed by atoms with Crippen LogP contribution in [0.25, 0.3) is 0 Å². The molecule has 2 saturated heterocycles. The minimum Gasteiger partial charge on any atom is -0.465 e. The van der Waals surface area contributed by atoms with Gasteiger partial charge in [0.15, 0.2) is 0 Å². The molecule has 218 valence electrons. The van der Waals surface area contributed by atoms with Crippen molar-refractivity contribution in [3.63, 3.8) is 0 Å². The number of ether oxygens (including phenoxy) is 1. The summed E-state index contributed by atoms with van der Waals surface area (Å²) >= 11 is 12.7. The van der Waals surface area contributed by atoms with E-state index in [9.17, 15) is 9.59 Å². The fourth-order valence-corrected chi connectivity index (χ4v) is 8.14. The molecule has 0 aromatic heterocycles. The Kier molecular flexibility index (Phi) is 6.73. The van der Waals surface area contributed by atoms with Crippen LogP contribution in [0, 0.1) is 11.7 Å². The van der Waals surface area contributed by atoms with E-state index < -0.39 is 23.2 Å². The van der Waals surface area contributed by atoms with Crippen molar-refractivity contribution in [1.29, 1.82) is 0 Å². The van der Waals surface area contributed by atoms with Gasteiger partial charge in [0.1, 0.15) is 11.4 Å². The van der Waals surface area contributed by atoms with Crippen LogP contribution >= 0.6 is 23.2 Å². The molecule has 3 aromatic rings. The number of likely N-dealkylation sites (tertiary alicyclic amines) is 1. The van der Waals surface area contributed by atoms with Crippen molar-refractivity contribution in [3.8, 4) is 0 Å². The third-order valence-electron chi connectivity index (χ3n) is 9.81. The molecule has 3 heterocycles. The average molecular weight is 610 g/mol. The van der Waals surface area contributed by atoms with Crippen molar-refractivity contribution in [2.24, 2.45) is 5.92 Å². The number of benzene rings is 3. The zero-order chi connectivity index (χ0) is 29.3. The van der Waals surface area contributed by atoms with Crippen LogP contribution in [0.3, 0.4) is 0 Å². The van der Waals surface area contributed by atoms with Crippen LogP contribution in [0.5, 0.6) is 0 Å². The lowest BCUT2D eigenvalue weighted by Crippen LogP contribution is -2.54. The highest BCUT2D eigenvalue weighted by molar-refractivity contribution is 6.31. The van der Waals surface area contributed by atoms with Crippen LogP contribution in [0.4, 0.5) is 15.8 Å². The van der Waals surface area contributed by atoms with Gasteiger partial charge in [0.25, 0.3) is 0 Å². The van der Waals surface area contributed by atoms with Crippen LogP contribution < -0.4 is 16.4 Å². The number of hydrogen-bond acceptors (Lipinski definition) is 6. The number of hydrogen-bond donors (Lipinski definition) is 3. The Bertz CT molecular complexity index is 1610. The van der Waals surface area contributed by atoms with Crippen LogP contribution in [0.2, 0.25) is 10.0 Å². The molecular formula is C32H31Cl2FN4O3. The number of carbonyl (C=O) groups is 2. The first-order chi connectivity index (χ1) is 20.2. The lowest BCUT2D eigenvalue weighted by atomic mass is 9.73. The Morgan fingerprint density at radius 1 is 1.14 bits per heavy atom. The molecule has 4 N–H and O–H groups in total. The van der Waals surface area contributed by atoms with Gasteiger partial charge in [0.05, 0.1) is 17.7 Å². The number of fused-ring (bicyclic) bond motifs is 3. The molecule has 5 atom stereocenters. The van der Waals surface area contributed by atoms with Gasteiger partial charge in [-0.25, -0.2) is 9.18 Å². The predicted molar refractivity (Wildman–Crippen MR) is 160 cm³/mol. The largest absolute Gasteiger partial charge is 0.465 e. The summed E-state index contributed by atoms with van der Waals surface area (Å²) in [6.07, 6.45) is 3.99. The number of nitrogen functional groups attached to an aromatic ring is 1. The highest BCUT2D eigenvalue weighted by atomic mass is 35.5. The Labute approximate surface area is 253 Å². The Hall–Kier alpha value is -3.17. The molecule has 7 rings (SSSR count). The number of amides is 1. The molecule has 3 aliphatic heterocycles. The van der Waals surface area contributed by atoms with E-state index in [0.29, 0.717) is 46.4 Å². The van der Waals surface area contributed by atoms with Crippen molar-refractivity contribution in [3.05, 3.63) is 92.7 Å². The van der Waals surface area contributed by atoms with Crippen LogP contribution in [0.1, 0.15) is 64.7 Å². The first kappa shape index (κ1) is 27.7. The fraction of sp³-hybridized carbons (Fsp3) is 0.375. The maximum atomic E-state index is 16.0. The van der Waals surface area contributed by atoms with E-state index in [1.54, 1.807) is 36.4 Å². The standard InChI is InChI=1S/C32H31Cl2FN4O3/c1-42-30(40)17-8-10-19(23(36)12-17)24-14-26-29(37-24)27(20-6-3-7-22(34)28(20)35)32(39(26)15-16-4-2-5-16)21-11-9-18(33)13-25(21)38-31(32)41/h3,6-13,16,24,26-27,29,37H,2,4-5,14-15,36H2,1H3,(H,38,41)/t24?,26-,27-,29+,32+/m0/s1. The second-order valence-electron chi connectivity index (χ2n) is 11.9. The summed E-state index contributed by atoms with van der Waals surface area (Å²) in [6, 6.07) is 15.1. The molecule has 1 spiro atoms. The van der Waals surface area contributed by atoms with E-state index >= 15 is 4.39 Å². The molecule has 10 heteroatoms. The zero-order valence-corrected chi connectivity index (χ0v) is 24.5. The number of carbonyl (C=O) groups excluding carboxylic acids is 2. The van der Waals surface area contributed by atoms with Crippen molar-refractivity contribution >= 4 is 46.5 Å². The molecule has 3 fully saturated rings. The zero-order valence-electron chi connectivity index (χ0n) is 23.0. The van der Waals surface area contributed by atoms with Gasteiger partial charge in [-0.2, -0.15) is 0 Å². The molecule has 0 bridgehead atoms. The van der Waals surface area contributed by atoms with Gasteiger partial charge in [-0.3, -0.25) is 9.69 Å². The van der Waals surface area contributed by atoms with Gasteiger partial charge < -0.3 is 21.1 Å². The third kappa shape index (κ3) is 3.99. The number of nitrogens with one attached hydrogen (secondary N) is 2. The van der Waals surface area contributed by atoms with Gasteiger partial charge >= 0.3 is 5.97 Å². The number of methoxy groups -OCH3 is 1. The van der Waals surface area contributed by atoms with Gasteiger partial charge in [-0.1, -0.05) is 53.9 Å². The minimum absolute atomic E-state index is 0.0172. The van der Waals surface area contributed by atoms with E-state index in [4.69, 9.17) is 33.7 Å². The summed E-state index contributed by atoms with van der Waals surface area (Å²) < 4.78 is 20.9. The van der Waals surface area contributed by atoms with E-state index in [-0.39, 0.29) is 29.1 Å². The number of esters is 1. The average Bonchev–Trinajstić information content (AvgIpc) is 3.56. The molecule has 1 unspecified atom stereocenters. The van der Waals surface area contributed by atoms with E-state index in [0.717, 1.165) is 30.4 Å². The number of nitrogens with zero attached hydrogens (tertiary/aromatic N) is 1. The van der Waals surface area contributed by atoms with Crippen LogP contribution in [-0.4, -0.2) is 42.5 Å². The fourth-order valence-electron chi connectivity index (χ4n) is 7.79. The summed E-state index contributed by atoms with van der Waals surface area (Å²) in [6.45, 7) is 0.709. The number of rotatable bonds is 5. The molecule has 4 aliphatic rings. The summed E-state index contributed by atoms with van der Waals surface area (Å²) in [7, 11) is 1.33. The van der Waals surface area contributed by atoms with E-state index in [2.05, 4.69) is 15.5 Å². The normalized spacial score (nSPS) is 28.4. The van der Waals surface area contributed by atoms with Gasteiger partial charge in [0, 0.05) is 52.5 Å². The molecular weight excluding hydrogens is 578 g/mol. The maximum absolute atomic E-state index is 16.0. The smallest absolute Gasteiger partial charge is 0.337 e. The van der Waals surface area contributed by atoms with Gasteiger partial charge in [-0.15, -0.1) is 0 Å². The molecule has 0 radical (unpaired) electrons. The van der Waals surface area contributed by atoms with Gasteiger partial charge in [0.2, 0.25) is 5.91 Å². The number of nitrogens with two attached hydrogens (primary N) is 1. The summed E-state index contributed by atoms with van der Waals surface area (Å²) in [5, 5.41) is 7.40.